The van der Waals surface area contributed by atoms with E-state index in [9.17, 15) is 9.59 Å². The number of amides is 1. The van der Waals surface area contributed by atoms with Crippen LogP contribution in [-0.2, 0) is 23.8 Å². The Balaban J connectivity index is 1.82. The third-order valence-electron chi connectivity index (χ3n) is 4.10. The van der Waals surface area contributed by atoms with Crippen molar-refractivity contribution in [3.8, 4) is 0 Å². The summed E-state index contributed by atoms with van der Waals surface area (Å²) in [4.78, 5) is 26.4. The molecule has 0 spiro atoms. The number of ether oxygens (including phenoxy) is 3. The van der Waals surface area contributed by atoms with Crippen LogP contribution in [0, 0.1) is 0 Å². The monoisotopic (exact) mass is 396 g/mol. The molecule has 0 bridgehead atoms. The Morgan fingerprint density at radius 2 is 2.04 bits per heavy atom. The summed E-state index contributed by atoms with van der Waals surface area (Å²) in [7, 11) is 0. The van der Waals surface area contributed by atoms with E-state index >= 15 is 0 Å². The Bertz CT molecular complexity index is 593. The number of nitrogens with one attached hydrogen (secondary N) is 1. The van der Waals surface area contributed by atoms with Crippen molar-refractivity contribution in [1.82, 2.24) is 10.2 Å². The third kappa shape index (κ3) is 5.44. The summed E-state index contributed by atoms with van der Waals surface area (Å²) < 4.78 is 16.0. The van der Waals surface area contributed by atoms with Crippen molar-refractivity contribution in [3.05, 3.63) is 36.6 Å². The first-order chi connectivity index (χ1) is 13.2. The maximum Gasteiger partial charge on any atom is 0.355 e. The number of esters is 1. The van der Waals surface area contributed by atoms with E-state index in [1.54, 1.807) is 17.8 Å². The molecule has 1 amide bonds. The Labute approximate surface area is 164 Å². The molecular formula is C19H28N2O5S. The Morgan fingerprint density at radius 3 is 2.70 bits per heavy atom. The van der Waals surface area contributed by atoms with Crippen molar-refractivity contribution in [2.45, 2.75) is 24.8 Å². The lowest BCUT2D eigenvalue weighted by Gasteiger charge is -2.49. The van der Waals surface area contributed by atoms with Gasteiger partial charge < -0.3 is 19.5 Å². The van der Waals surface area contributed by atoms with Crippen molar-refractivity contribution >= 4 is 23.6 Å². The van der Waals surface area contributed by atoms with Crippen molar-refractivity contribution < 1.29 is 23.8 Å². The van der Waals surface area contributed by atoms with Gasteiger partial charge in [-0.1, -0.05) is 32.2 Å². The number of thioether (sulfide) groups is 1. The van der Waals surface area contributed by atoms with Gasteiger partial charge in [-0.25, -0.2) is 4.79 Å². The van der Waals surface area contributed by atoms with Crippen LogP contribution >= 0.6 is 11.8 Å². The fraction of sp³-hybridized carbons (Fsp3) is 0.579. The molecule has 1 unspecified atom stereocenters. The molecule has 0 aliphatic carbocycles. The second-order valence-corrected chi connectivity index (χ2v) is 7.14. The molecule has 0 aromatic carbocycles. The fourth-order valence-corrected chi connectivity index (χ4v) is 4.17. The number of rotatable bonds is 13. The van der Waals surface area contributed by atoms with Crippen molar-refractivity contribution in [3.63, 3.8) is 0 Å². The highest BCUT2D eigenvalue weighted by atomic mass is 32.2. The quantitative estimate of drug-likeness (QED) is 0.219. The van der Waals surface area contributed by atoms with Gasteiger partial charge >= 0.3 is 5.97 Å². The number of nitrogens with zero attached hydrogens (tertiary/aromatic N) is 1. The molecule has 7 nitrogen and oxygen atoms in total. The van der Waals surface area contributed by atoms with Gasteiger partial charge in [-0.3, -0.25) is 9.69 Å². The van der Waals surface area contributed by atoms with Crippen LogP contribution < -0.4 is 5.32 Å². The normalized spacial score (nSPS) is 21.5. The average Bonchev–Trinajstić information content (AvgIpc) is 2.69. The summed E-state index contributed by atoms with van der Waals surface area (Å²) in [6, 6.07) is -0.330. The summed E-state index contributed by atoms with van der Waals surface area (Å²) in [5.74, 6) is -0.0411. The van der Waals surface area contributed by atoms with Gasteiger partial charge in [0.1, 0.15) is 23.7 Å². The van der Waals surface area contributed by atoms with Crippen LogP contribution in [0.2, 0.25) is 0 Å². The third-order valence-corrected chi connectivity index (χ3v) is 5.40. The van der Waals surface area contributed by atoms with Crippen LogP contribution in [0.4, 0.5) is 0 Å². The van der Waals surface area contributed by atoms with E-state index in [2.05, 4.69) is 25.4 Å². The van der Waals surface area contributed by atoms with Crippen LogP contribution in [0.3, 0.4) is 0 Å². The number of allylic oxidation sites excluding steroid dienone is 1. The standard InChI is InChI=1S/C19H28N2O5S/c1-4-8-24-11-12-25-10-7-20-15-17(22)21-16(19(23)26-9-5-2)14(6-3)13-27-18(15)21/h5-6,15,18,20H,2-4,7-13H2,1H3/t15-,18?/m1/s1. The predicted octanol–water partition coefficient (Wildman–Crippen LogP) is 1.47. The minimum atomic E-state index is -0.516. The molecule has 8 heteroatoms. The molecule has 1 saturated heterocycles. The number of carbonyl (C=O) groups is 2. The molecule has 0 aromatic heterocycles. The van der Waals surface area contributed by atoms with Gasteiger partial charge in [0.25, 0.3) is 0 Å². The van der Waals surface area contributed by atoms with Gasteiger partial charge in [0, 0.05) is 18.9 Å². The van der Waals surface area contributed by atoms with Crippen LogP contribution in [0.5, 0.6) is 0 Å². The highest BCUT2D eigenvalue weighted by Gasteiger charge is 2.53. The number of hydrogen-bond donors (Lipinski definition) is 1. The first-order valence-corrected chi connectivity index (χ1v) is 10.2. The minimum absolute atomic E-state index is 0.105. The average molecular weight is 397 g/mol. The summed E-state index contributed by atoms with van der Waals surface area (Å²) >= 11 is 1.60. The van der Waals surface area contributed by atoms with E-state index in [0.29, 0.717) is 43.4 Å². The van der Waals surface area contributed by atoms with Gasteiger partial charge in [0.2, 0.25) is 5.91 Å². The lowest BCUT2D eigenvalue weighted by atomic mass is 10.0. The van der Waals surface area contributed by atoms with Gasteiger partial charge in [-0.15, -0.1) is 11.8 Å². The first kappa shape index (κ1) is 21.7. The number of carbonyl (C=O) groups excluding carboxylic acids is 2. The highest BCUT2D eigenvalue weighted by Crippen LogP contribution is 2.40. The van der Waals surface area contributed by atoms with Crippen molar-refractivity contribution in [1.29, 1.82) is 0 Å². The Morgan fingerprint density at radius 1 is 1.30 bits per heavy atom. The minimum Gasteiger partial charge on any atom is -0.457 e. The van der Waals surface area contributed by atoms with E-state index in [1.165, 1.54) is 11.0 Å². The van der Waals surface area contributed by atoms with E-state index in [1.807, 2.05) is 0 Å². The zero-order chi connectivity index (χ0) is 19.6. The maximum atomic E-state index is 12.6. The smallest absolute Gasteiger partial charge is 0.355 e. The molecule has 27 heavy (non-hydrogen) atoms. The summed E-state index contributed by atoms with van der Waals surface area (Å²) in [5, 5.41) is 3.09. The van der Waals surface area contributed by atoms with Crippen LogP contribution in [-0.4, -0.2) is 73.5 Å². The topological polar surface area (TPSA) is 77.1 Å². The number of β-lactam (4-membered cyclic amide) rings is 1. The first-order valence-electron chi connectivity index (χ1n) is 9.12. The predicted molar refractivity (Wildman–Crippen MR) is 105 cm³/mol. The van der Waals surface area contributed by atoms with Gasteiger partial charge in [0.15, 0.2) is 0 Å². The number of fused-ring (bicyclic) bond motifs is 1. The molecule has 0 aromatic rings. The van der Waals surface area contributed by atoms with Gasteiger partial charge in [-0.2, -0.15) is 0 Å². The van der Waals surface area contributed by atoms with Gasteiger partial charge in [0.05, 0.1) is 19.8 Å². The van der Waals surface area contributed by atoms with Crippen LogP contribution in [0.15, 0.2) is 36.6 Å². The lowest BCUT2D eigenvalue weighted by molar-refractivity contribution is -0.151. The Kier molecular flexibility index (Phi) is 9.06. The zero-order valence-corrected chi connectivity index (χ0v) is 16.6. The molecule has 0 radical (unpaired) electrons. The van der Waals surface area contributed by atoms with Crippen LogP contribution in [0.25, 0.3) is 0 Å². The molecule has 2 aliphatic heterocycles. The molecule has 150 valence electrons. The second kappa shape index (κ2) is 11.3. The van der Waals surface area contributed by atoms with Gasteiger partial charge in [-0.05, 0) is 12.0 Å². The van der Waals surface area contributed by atoms with E-state index in [4.69, 9.17) is 14.2 Å². The molecular weight excluding hydrogens is 368 g/mol. The van der Waals surface area contributed by atoms with Crippen molar-refractivity contribution in [2.75, 3.05) is 45.3 Å². The fourth-order valence-electron chi connectivity index (χ4n) is 2.80. The molecule has 2 atom stereocenters. The molecule has 2 aliphatic rings. The second-order valence-electron chi connectivity index (χ2n) is 6.03. The highest BCUT2D eigenvalue weighted by molar-refractivity contribution is 8.00. The molecule has 2 rings (SSSR count). The zero-order valence-electron chi connectivity index (χ0n) is 15.8. The molecule has 2 heterocycles. The lowest BCUT2D eigenvalue weighted by Crippen LogP contribution is -2.70. The SMILES string of the molecule is C=CCOC(=O)C1=C(C=C)CSC2[C@H](NCCOCCOCCC)C(=O)N12. The Hall–Kier alpha value is -1.61. The molecule has 1 N–H and O–H groups in total. The summed E-state index contributed by atoms with van der Waals surface area (Å²) in [6.07, 6.45) is 4.10. The number of hydrogen-bond acceptors (Lipinski definition) is 7. The largest absolute Gasteiger partial charge is 0.457 e. The van der Waals surface area contributed by atoms with E-state index in [0.717, 1.165) is 13.0 Å². The maximum absolute atomic E-state index is 12.6. The molecule has 1 fully saturated rings. The van der Waals surface area contributed by atoms with Crippen LogP contribution in [0.1, 0.15) is 13.3 Å². The van der Waals surface area contributed by atoms with E-state index in [-0.39, 0.29) is 23.9 Å². The van der Waals surface area contributed by atoms with Crippen molar-refractivity contribution in [2.24, 2.45) is 0 Å². The summed E-state index contributed by atoms with van der Waals surface area (Å²) in [6.45, 7) is 12.4. The van der Waals surface area contributed by atoms with E-state index < -0.39 is 5.97 Å². The summed E-state index contributed by atoms with van der Waals surface area (Å²) in [5.41, 5.74) is 1.01. The molecule has 0 saturated carbocycles.